The molecule has 1 amide bonds. The van der Waals surface area contributed by atoms with Gasteiger partial charge in [-0.1, -0.05) is 6.07 Å². The zero-order valence-electron chi connectivity index (χ0n) is 15.1. The number of nitrogens with one attached hydrogen (secondary N) is 1. The highest BCUT2D eigenvalue weighted by Crippen LogP contribution is 2.31. The summed E-state index contributed by atoms with van der Waals surface area (Å²) in [7, 11) is 1.53. The number of hydrogen-bond acceptors (Lipinski definition) is 6. The lowest BCUT2D eigenvalue weighted by Crippen LogP contribution is -2.38. The number of nitrogens with zero attached hydrogens (tertiary/aromatic N) is 2. The molecule has 152 valence electrons. The zero-order chi connectivity index (χ0) is 20.9. The van der Waals surface area contributed by atoms with Crippen LogP contribution in [-0.4, -0.2) is 29.2 Å². The molecule has 0 bridgehead atoms. The first-order chi connectivity index (χ1) is 13.9. The van der Waals surface area contributed by atoms with Gasteiger partial charge in [0.1, 0.15) is 17.8 Å². The summed E-state index contributed by atoms with van der Waals surface area (Å²) in [5, 5.41) is 1.89. The first-order valence-electron chi connectivity index (χ1n) is 8.36. The monoisotopic (exact) mass is 407 g/mol. The quantitative estimate of drug-likeness (QED) is 0.643. The van der Waals surface area contributed by atoms with Gasteiger partial charge in [-0.2, -0.15) is 13.2 Å². The van der Waals surface area contributed by atoms with E-state index in [1.165, 1.54) is 31.5 Å². The Hall–Kier alpha value is -3.56. The van der Waals surface area contributed by atoms with Crippen molar-refractivity contribution in [2.75, 3.05) is 7.11 Å². The molecule has 1 N–H and O–H groups in total. The van der Waals surface area contributed by atoms with E-state index in [-0.39, 0.29) is 23.9 Å². The molecule has 1 aromatic carbocycles. The second kappa shape index (κ2) is 8.63. The van der Waals surface area contributed by atoms with E-state index in [4.69, 9.17) is 13.9 Å². The van der Waals surface area contributed by atoms with Crippen LogP contribution in [0.3, 0.4) is 0 Å². The molecule has 2 heterocycles. The maximum absolute atomic E-state index is 13.3. The topological polar surface area (TPSA) is 86.5 Å². The number of ether oxygens (including phenoxy) is 2. The number of halogens is 3. The van der Waals surface area contributed by atoms with Gasteiger partial charge in [-0.3, -0.25) is 9.78 Å². The fourth-order valence-corrected chi connectivity index (χ4v) is 2.37. The minimum absolute atomic E-state index is 0.0346. The van der Waals surface area contributed by atoms with Crippen molar-refractivity contribution in [3.63, 3.8) is 0 Å². The molecule has 0 saturated heterocycles. The summed E-state index contributed by atoms with van der Waals surface area (Å²) < 4.78 is 55.6. The normalized spacial score (nSPS) is 12.3. The van der Waals surface area contributed by atoms with Crippen LogP contribution in [0.5, 0.6) is 11.5 Å². The van der Waals surface area contributed by atoms with Crippen molar-refractivity contribution in [2.45, 2.75) is 18.8 Å². The second-order valence-corrected chi connectivity index (χ2v) is 5.79. The molecule has 0 aliphatic carbocycles. The molecule has 7 nitrogen and oxygen atoms in total. The van der Waals surface area contributed by atoms with Crippen LogP contribution < -0.4 is 14.8 Å². The van der Waals surface area contributed by atoms with Crippen molar-refractivity contribution in [3.05, 3.63) is 72.2 Å². The highest BCUT2D eigenvalue weighted by molar-refractivity contribution is 5.92. The Kier molecular flexibility index (Phi) is 6.01. The average Bonchev–Trinajstić information content (AvgIpc) is 3.19. The van der Waals surface area contributed by atoms with Crippen LogP contribution in [-0.2, 0) is 6.61 Å². The lowest BCUT2D eigenvalue weighted by atomic mass is 10.1. The van der Waals surface area contributed by atoms with E-state index < -0.39 is 18.1 Å². The Labute approximate surface area is 163 Å². The zero-order valence-corrected chi connectivity index (χ0v) is 15.1. The van der Waals surface area contributed by atoms with Crippen molar-refractivity contribution < 1.29 is 31.9 Å². The number of amides is 1. The van der Waals surface area contributed by atoms with E-state index >= 15 is 0 Å². The molecular formula is C19H16F3N3O4. The summed E-state index contributed by atoms with van der Waals surface area (Å²) in [4.78, 5) is 19.8. The minimum atomic E-state index is -4.73. The number of benzene rings is 1. The van der Waals surface area contributed by atoms with E-state index in [0.29, 0.717) is 11.5 Å². The molecule has 0 saturated carbocycles. The third kappa shape index (κ3) is 5.24. The van der Waals surface area contributed by atoms with Crippen molar-refractivity contribution in [1.82, 2.24) is 15.3 Å². The average molecular weight is 407 g/mol. The van der Waals surface area contributed by atoms with Crippen LogP contribution in [0.2, 0.25) is 0 Å². The molecule has 29 heavy (non-hydrogen) atoms. The summed E-state index contributed by atoms with van der Waals surface area (Å²) in [6, 6.07) is 8.49. The molecule has 0 radical (unpaired) electrons. The maximum Gasteiger partial charge on any atom is 0.414 e. The van der Waals surface area contributed by atoms with E-state index in [1.54, 1.807) is 24.3 Å². The minimum Gasteiger partial charge on any atom is -0.497 e. The van der Waals surface area contributed by atoms with Crippen LogP contribution in [0.15, 0.2) is 59.3 Å². The van der Waals surface area contributed by atoms with Crippen molar-refractivity contribution in [3.8, 4) is 11.5 Å². The molecule has 10 heteroatoms. The predicted molar refractivity (Wildman–Crippen MR) is 94.3 cm³/mol. The Morgan fingerprint density at radius 1 is 1.17 bits per heavy atom. The number of carbonyl (C=O) groups excluding carboxylic acids is 1. The molecule has 0 aliphatic heterocycles. The number of hydrogen-bond donors (Lipinski definition) is 1. The van der Waals surface area contributed by atoms with Gasteiger partial charge in [0.15, 0.2) is 18.3 Å². The Balaban J connectivity index is 1.64. The molecule has 2 aromatic heterocycles. The lowest BCUT2D eigenvalue weighted by Gasteiger charge is -2.20. The summed E-state index contributed by atoms with van der Waals surface area (Å²) in [6.07, 6.45) is -2.55. The van der Waals surface area contributed by atoms with Crippen molar-refractivity contribution in [2.24, 2.45) is 0 Å². The highest BCUT2D eigenvalue weighted by Gasteiger charge is 2.43. The highest BCUT2D eigenvalue weighted by atomic mass is 19.4. The summed E-state index contributed by atoms with van der Waals surface area (Å²) >= 11 is 0. The number of rotatable bonds is 7. The van der Waals surface area contributed by atoms with Gasteiger partial charge in [-0.15, -0.1) is 0 Å². The lowest BCUT2D eigenvalue weighted by molar-refractivity contribution is -0.156. The van der Waals surface area contributed by atoms with Gasteiger partial charge < -0.3 is 19.2 Å². The largest absolute Gasteiger partial charge is 0.497 e. The number of oxazole rings is 1. The molecule has 3 rings (SSSR count). The van der Waals surface area contributed by atoms with Gasteiger partial charge in [0.25, 0.3) is 5.91 Å². The van der Waals surface area contributed by atoms with Crippen LogP contribution in [0, 0.1) is 0 Å². The van der Waals surface area contributed by atoms with Gasteiger partial charge in [-0.25, -0.2) is 4.98 Å². The molecule has 0 fully saturated rings. The van der Waals surface area contributed by atoms with Gasteiger partial charge >= 0.3 is 6.18 Å². The molecule has 0 unspecified atom stereocenters. The molecule has 0 spiro atoms. The smallest absolute Gasteiger partial charge is 0.414 e. The maximum atomic E-state index is 13.3. The first kappa shape index (κ1) is 20.2. The third-order valence-electron chi connectivity index (χ3n) is 3.79. The Morgan fingerprint density at radius 2 is 1.90 bits per heavy atom. The van der Waals surface area contributed by atoms with E-state index in [0.717, 1.165) is 6.26 Å². The van der Waals surface area contributed by atoms with Gasteiger partial charge in [0, 0.05) is 6.20 Å². The van der Waals surface area contributed by atoms with E-state index in [9.17, 15) is 18.0 Å². The molecular weight excluding hydrogens is 391 g/mol. The van der Waals surface area contributed by atoms with Gasteiger partial charge in [0.2, 0.25) is 5.89 Å². The standard InChI is InChI=1S/C19H16F3N3O4/c1-27-12-5-7-13(8-6-12)28-11-16-24-15(10-29-16)18(26)25-17(19(20,21)22)14-4-2-3-9-23-14/h2-10,17H,11H2,1H3,(H,25,26)/t17-/m0/s1. The van der Waals surface area contributed by atoms with E-state index in [1.807, 2.05) is 5.32 Å². The second-order valence-electron chi connectivity index (χ2n) is 5.79. The Morgan fingerprint density at radius 3 is 2.52 bits per heavy atom. The van der Waals surface area contributed by atoms with Crippen LogP contribution in [0.25, 0.3) is 0 Å². The van der Waals surface area contributed by atoms with E-state index in [2.05, 4.69) is 9.97 Å². The fraction of sp³-hybridized carbons (Fsp3) is 0.211. The first-order valence-corrected chi connectivity index (χ1v) is 8.36. The van der Waals surface area contributed by atoms with Crippen molar-refractivity contribution >= 4 is 5.91 Å². The summed E-state index contributed by atoms with van der Waals surface area (Å²) in [5.41, 5.74) is -0.636. The molecule has 0 aliphatic rings. The third-order valence-corrected chi connectivity index (χ3v) is 3.79. The van der Waals surface area contributed by atoms with Crippen LogP contribution in [0.1, 0.15) is 28.1 Å². The molecule has 3 aromatic rings. The van der Waals surface area contributed by atoms with Gasteiger partial charge in [-0.05, 0) is 36.4 Å². The number of alkyl halides is 3. The van der Waals surface area contributed by atoms with Crippen LogP contribution in [0.4, 0.5) is 13.2 Å². The van der Waals surface area contributed by atoms with Crippen LogP contribution >= 0.6 is 0 Å². The number of methoxy groups -OCH3 is 1. The number of aromatic nitrogens is 2. The Bertz CT molecular complexity index is 943. The van der Waals surface area contributed by atoms with Crippen molar-refractivity contribution in [1.29, 1.82) is 0 Å². The summed E-state index contributed by atoms with van der Waals surface area (Å²) in [6.45, 7) is -0.109. The molecule has 1 atom stereocenters. The summed E-state index contributed by atoms with van der Waals surface area (Å²) in [5.74, 6) is 0.145. The number of pyridine rings is 1. The SMILES string of the molecule is COc1ccc(OCc2nc(C(=O)N[C@@H](c3ccccn3)C(F)(F)F)co2)cc1. The fourth-order valence-electron chi connectivity index (χ4n) is 2.37. The van der Waals surface area contributed by atoms with Gasteiger partial charge in [0.05, 0.1) is 12.8 Å². The number of carbonyl (C=O) groups is 1. The predicted octanol–water partition coefficient (Wildman–Crippen LogP) is 3.69.